The summed E-state index contributed by atoms with van der Waals surface area (Å²) in [6, 6.07) is 26.2. The van der Waals surface area contributed by atoms with Gasteiger partial charge in [0, 0.05) is 16.8 Å². The van der Waals surface area contributed by atoms with Crippen LogP contribution in [-0.4, -0.2) is 16.6 Å². The highest BCUT2D eigenvalue weighted by Crippen LogP contribution is 2.36. The molecule has 5 heteroatoms. The van der Waals surface area contributed by atoms with Gasteiger partial charge in [-0.15, -0.1) is 0 Å². The molecule has 0 fully saturated rings. The molecule has 4 rings (SSSR count). The maximum absolute atomic E-state index is 13.0. The summed E-state index contributed by atoms with van der Waals surface area (Å²) in [5.41, 5.74) is 5.95. The molecule has 174 valence electrons. The fourth-order valence-electron chi connectivity index (χ4n) is 3.94. The van der Waals surface area contributed by atoms with Crippen molar-refractivity contribution < 1.29 is 9.21 Å². The molecule has 4 nitrogen and oxygen atoms in total. The number of oxazole rings is 1. The second-order valence-corrected chi connectivity index (χ2v) is 9.77. The Bertz CT molecular complexity index is 1160. The molecule has 0 aliphatic rings. The van der Waals surface area contributed by atoms with E-state index < -0.39 is 0 Å². The number of carbonyl (C=O) groups excluding carboxylic acids is 1. The van der Waals surface area contributed by atoms with Gasteiger partial charge in [-0.1, -0.05) is 118 Å². The molecule has 1 amide bonds. The number of aromatic nitrogens is 1. The molecule has 3 aromatic carbocycles. The van der Waals surface area contributed by atoms with Crippen molar-refractivity contribution in [3.63, 3.8) is 0 Å². The average Bonchev–Trinajstić information content (AvgIpc) is 3.28. The standard InChI is InChI=1S/C29H30N2O2S/c1-19(2)23-16-11-17-24(20(3)4)27(23)30-25(32)18-34-29-31-26(21-12-7-5-8-13-21)28(33-29)22-14-9-6-10-15-22/h5-17,19-20H,18H2,1-4H3,(H,30,32). The second-order valence-electron chi connectivity index (χ2n) is 8.85. The Morgan fingerprint density at radius 2 is 1.38 bits per heavy atom. The van der Waals surface area contributed by atoms with Crippen LogP contribution in [0.25, 0.3) is 22.6 Å². The first kappa shape index (κ1) is 23.8. The highest BCUT2D eigenvalue weighted by Gasteiger charge is 2.19. The van der Waals surface area contributed by atoms with Gasteiger partial charge in [0.2, 0.25) is 5.91 Å². The number of benzene rings is 3. The van der Waals surface area contributed by atoms with E-state index in [-0.39, 0.29) is 11.7 Å². The van der Waals surface area contributed by atoms with Crippen molar-refractivity contribution in [1.29, 1.82) is 0 Å². The van der Waals surface area contributed by atoms with Gasteiger partial charge in [-0.05, 0) is 23.0 Å². The predicted octanol–water partition coefficient (Wildman–Crippen LogP) is 7.99. The monoisotopic (exact) mass is 470 g/mol. The summed E-state index contributed by atoms with van der Waals surface area (Å²) >= 11 is 1.31. The molecule has 1 aromatic heterocycles. The zero-order valence-electron chi connectivity index (χ0n) is 20.0. The van der Waals surface area contributed by atoms with Crippen LogP contribution in [0.15, 0.2) is 88.5 Å². The molecular formula is C29H30N2O2S. The van der Waals surface area contributed by atoms with E-state index in [9.17, 15) is 4.79 Å². The third kappa shape index (κ3) is 5.42. The summed E-state index contributed by atoms with van der Waals surface area (Å²) in [7, 11) is 0. The summed E-state index contributed by atoms with van der Waals surface area (Å²) in [6.07, 6.45) is 0. The Morgan fingerprint density at radius 3 is 1.94 bits per heavy atom. The normalized spacial score (nSPS) is 11.2. The quantitative estimate of drug-likeness (QED) is 0.265. The minimum atomic E-state index is -0.0688. The van der Waals surface area contributed by atoms with E-state index in [1.165, 1.54) is 11.8 Å². The molecule has 0 aliphatic heterocycles. The largest absolute Gasteiger partial charge is 0.431 e. The number of anilines is 1. The molecule has 0 aliphatic carbocycles. The van der Waals surface area contributed by atoms with Crippen molar-refractivity contribution in [2.24, 2.45) is 0 Å². The van der Waals surface area contributed by atoms with Gasteiger partial charge < -0.3 is 9.73 Å². The van der Waals surface area contributed by atoms with E-state index >= 15 is 0 Å². The van der Waals surface area contributed by atoms with E-state index in [0.717, 1.165) is 33.6 Å². The fourth-order valence-corrected chi connectivity index (χ4v) is 4.56. The molecule has 1 N–H and O–H groups in total. The SMILES string of the molecule is CC(C)c1cccc(C(C)C)c1NC(=O)CSc1nc(-c2ccccc2)c(-c2ccccc2)o1. The number of thioether (sulfide) groups is 1. The minimum absolute atomic E-state index is 0.0688. The lowest BCUT2D eigenvalue weighted by atomic mass is 9.92. The summed E-state index contributed by atoms with van der Waals surface area (Å²) in [4.78, 5) is 17.7. The molecule has 0 bridgehead atoms. The van der Waals surface area contributed by atoms with Crippen LogP contribution in [0.4, 0.5) is 5.69 Å². The molecule has 0 radical (unpaired) electrons. The third-order valence-corrected chi connectivity index (χ3v) is 6.48. The van der Waals surface area contributed by atoms with E-state index in [0.29, 0.717) is 22.8 Å². The first-order chi connectivity index (χ1) is 16.4. The van der Waals surface area contributed by atoms with E-state index in [1.54, 1.807) is 0 Å². The van der Waals surface area contributed by atoms with Crippen LogP contribution in [0.5, 0.6) is 0 Å². The van der Waals surface area contributed by atoms with Gasteiger partial charge in [0.15, 0.2) is 5.76 Å². The van der Waals surface area contributed by atoms with Crippen molar-refractivity contribution in [2.45, 2.75) is 44.8 Å². The minimum Gasteiger partial charge on any atom is -0.431 e. The summed E-state index contributed by atoms with van der Waals surface area (Å²) in [5, 5.41) is 3.65. The molecule has 34 heavy (non-hydrogen) atoms. The number of para-hydroxylation sites is 1. The first-order valence-corrected chi connectivity index (χ1v) is 12.6. The summed E-state index contributed by atoms with van der Waals surface area (Å²) in [5.74, 6) is 1.49. The first-order valence-electron chi connectivity index (χ1n) is 11.6. The third-order valence-electron chi connectivity index (χ3n) is 5.65. The zero-order chi connectivity index (χ0) is 24.1. The van der Waals surface area contributed by atoms with Crippen molar-refractivity contribution >= 4 is 23.4 Å². The molecular weight excluding hydrogens is 440 g/mol. The van der Waals surface area contributed by atoms with Crippen LogP contribution in [-0.2, 0) is 4.79 Å². The highest BCUT2D eigenvalue weighted by atomic mass is 32.2. The Hall–Kier alpha value is -3.31. The van der Waals surface area contributed by atoms with Crippen LogP contribution < -0.4 is 5.32 Å². The van der Waals surface area contributed by atoms with Crippen LogP contribution in [0.3, 0.4) is 0 Å². The number of nitrogens with zero attached hydrogens (tertiary/aromatic N) is 1. The van der Waals surface area contributed by atoms with E-state index in [2.05, 4.69) is 51.2 Å². The van der Waals surface area contributed by atoms with E-state index in [1.807, 2.05) is 60.7 Å². The topological polar surface area (TPSA) is 55.1 Å². The van der Waals surface area contributed by atoms with Gasteiger partial charge >= 0.3 is 0 Å². The van der Waals surface area contributed by atoms with Crippen molar-refractivity contribution in [3.8, 4) is 22.6 Å². The molecule has 0 atom stereocenters. The number of hydrogen-bond acceptors (Lipinski definition) is 4. The van der Waals surface area contributed by atoms with Crippen LogP contribution in [0.2, 0.25) is 0 Å². The lowest BCUT2D eigenvalue weighted by Gasteiger charge is -2.20. The van der Waals surface area contributed by atoms with Crippen molar-refractivity contribution in [3.05, 3.63) is 90.0 Å². The second kappa shape index (κ2) is 10.7. The molecule has 4 aromatic rings. The van der Waals surface area contributed by atoms with Crippen LogP contribution >= 0.6 is 11.8 Å². The number of hydrogen-bond donors (Lipinski definition) is 1. The van der Waals surface area contributed by atoms with Crippen LogP contribution in [0.1, 0.15) is 50.7 Å². The number of nitrogens with one attached hydrogen (secondary N) is 1. The van der Waals surface area contributed by atoms with Gasteiger partial charge in [-0.2, -0.15) is 0 Å². The average molecular weight is 471 g/mol. The Morgan fingerprint density at radius 1 is 0.824 bits per heavy atom. The lowest BCUT2D eigenvalue weighted by Crippen LogP contribution is -2.17. The van der Waals surface area contributed by atoms with Gasteiger partial charge in [0.05, 0.1) is 5.75 Å². The molecule has 0 unspecified atom stereocenters. The maximum atomic E-state index is 13.0. The summed E-state index contributed by atoms with van der Waals surface area (Å²) in [6.45, 7) is 8.58. The Kier molecular flexibility index (Phi) is 7.53. The maximum Gasteiger partial charge on any atom is 0.257 e. The number of rotatable bonds is 8. The zero-order valence-corrected chi connectivity index (χ0v) is 20.9. The van der Waals surface area contributed by atoms with Gasteiger partial charge in [-0.3, -0.25) is 4.79 Å². The predicted molar refractivity (Wildman–Crippen MR) is 141 cm³/mol. The van der Waals surface area contributed by atoms with Gasteiger partial charge in [-0.25, -0.2) is 4.98 Å². The molecule has 0 spiro atoms. The van der Waals surface area contributed by atoms with Crippen molar-refractivity contribution in [2.75, 3.05) is 11.1 Å². The van der Waals surface area contributed by atoms with Gasteiger partial charge in [0.1, 0.15) is 5.69 Å². The van der Waals surface area contributed by atoms with E-state index in [4.69, 9.17) is 9.40 Å². The van der Waals surface area contributed by atoms with Gasteiger partial charge in [0.25, 0.3) is 5.22 Å². The number of carbonyl (C=O) groups is 1. The highest BCUT2D eigenvalue weighted by molar-refractivity contribution is 7.99. The van der Waals surface area contributed by atoms with Crippen LogP contribution in [0, 0.1) is 0 Å². The molecule has 0 saturated heterocycles. The number of amides is 1. The lowest BCUT2D eigenvalue weighted by molar-refractivity contribution is -0.113. The Balaban J connectivity index is 1.56. The summed E-state index contributed by atoms with van der Waals surface area (Å²) < 4.78 is 6.15. The fraction of sp³-hybridized carbons (Fsp3) is 0.241. The smallest absolute Gasteiger partial charge is 0.257 e. The Labute approximate surface area is 205 Å². The molecule has 1 heterocycles. The van der Waals surface area contributed by atoms with Crippen molar-refractivity contribution in [1.82, 2.24) is 4.98 Å². The molecule has 0 saturated carbocycles.